The van der Waals surface area contributed by atoms with Crippen molar-refractivity contribution < 1.29 is 35.4 Å². The summed E-state index contributed by atoms with van der Waals surface area (Å²) in [6.45, 7) is 5.30. The van der Waals surface area contributed by atoms with Crippen LogP contribution in [0.5, 0.6) is 0 Å². The van der Waals surface area contributed by atoms with Gasteiger partial charge in [0, 0.05) is 0 Å². The zero-order valence-electron chi connectivity index (χ0n) is 14.2. The lowest BCUT2D eigenvalue weighted by atomic mass is 9.61. The molecule has 0 aliphatic rings. The van der Waals surface area contributed by atoms with Gasteiger partial charge in [0.1, 0.15) is 0 Å². The fraction of sp³-hybridized carbons (Fsp3) is 1.00. The third kappa shape index (κ3) is 3.97. The molecule has 1 unspecified atom stereocenters. The van der Waals surface area contributed by atoms with Gasteiger partial charge in [-0.2, -0.15) is 0 Å². The van der Waals surface area contributed by atoms with E-state index in [1.807, 2.05) is 0 Å². The van der Waals surface area contributed by atoms with Crippen LogP contribution in [-0.2, 0) is 4.74 Å². The molecule has 0 heterocycles. The number of aliphatic hydroxyl groups excluding tert-OH is 4. The van der Waals surface area contributed by atoms with Crippen molar-refractivity contribution in [1.29, 1.82) is 0 Å². The van der Waals surface area contributed by atoms with Gasteiger partial charge in [-0.25, -0.2) is 0 Å². The van der Waals surface area contributed by atoms with E-state index in [0.29, 0.717) is 0 Å². The highest BCUT2D eigenvalue weighted by atomic mass is 16.5. The van der Waals surface area contributed by atoms with Gasteiger partial charge in [-0.3, -0.25) is 0 Å². The molecule has 0 bridgehead atoms. The quantitative estimate of drug-likeness (QED) is 0.300. The van der Waals surface area contributed by atoms with Gasteiger partial charge < -0.3 is 35.4 Å². The van der Waals surface area contributed by atoms with Gasteiger partial charge in [0.2, 0.25) is 0 Å². The first-order valence-corrected chi connectivity index (χ1v) is 7.37. The maximum atomic E-state index is 10.5. The minimum atomic E-state index is -1.47. The van der Waals surface area contributed by atoms with Gasteiger partial charge in [0.15, 0.2) is 0 Å². The van der Waals surface area contributed by atoms with Gasteiger partial charge >= 0.3 is 0 Å². The lowest BCUT2D eigenvalue weighted by Gasteiger charge is -2.53. The molecule has 0 aliphatic carbocycles. The molecule has 22 heavy (non-hydrogen) atoms. The molecule has 7 nitrogen and oxygen atoms in total. The Balaban J connectivity index is 5.46. The van der Waals surface area contributed by atoms with E-state index < -0.39 is 54.6 Å². The molecule has 0 radical (unpaired) electrons. The number of rotatable bonds is 10. The fourth-order valence-electron chi connectivity index (χ4n) is 2.99. The molecule has 0 aromatic rings. The first kappa shape index (κ1) is 21.7. The van der Waals surface area contributed by atoms with Gasteiger partial charge in [0.25, 0.3) is 0 Å². The number of hydrogen-bond donors (Lipinski definition) is 6. The molecule has 0 aromatic heterocycles. The summed E-state index contributed by atoms with van der Waals surface area (Å²) in [7, 11) is 0. The molecule has 0 fully saturated rings. The fourth-order valence-corrected chi connectivity index (χ4v) is 2.99. The van der Waals surface area contributed by atoms with Crippen molar-refractivity contribution in [3.8, 4) is 0 Å². The second kappa shape index (κ2) is 7.53. The van der Waals surface area contributed by atoms with Crippen LogP contribution in [0, 0.1) is 10.8 Å². The monoisotopic (exact) mass is 324 g/mol. The predicted octanol–water partition coefficient (Wildman–Crippen LogP) is -1.12. The molecule has 134 valence electrons. The van der Waals surface area contributed by atoms with Crippen LogP contribution in [0.2, 0.25) is 0 Å². The molecule has 7 heteroatoms. The van der Waals surface area contributed by atoms with E-state index in [1.165, 1.54) is 27.7 Å². The highest BCUT2D eigenvalue weighted by Crippen LogP contribution is 2.45. The van der Waals surface area contributed by atoms with Crippen molar-refractivity contribution in [2.24, 2.45) is 10.8 Å². The third-order valence-corrected chi connectivity index (χ3v) is 4.77. The van der Waals surface area contributed by atoms with Crippen LogP contribution >= 0.6 is 0 Å². The Hall–Kier alpha value is -0.280. The zero-order valence-corrected chi connectivity index (χ0v) is 14.2. The van der Waals surface area contributed by atoms with Crippen LogP contribution in [0.15, 0.2) is 0 Å². The number of hydrogen-bond acceptors (Lipinski definition) is 7. The van der Waals surface area contributed by atoms with Gasteiger partial charge in [-0.15, -0.1) is 0 Å². The molecular weight excluding hydrogens is 292 g/mol. The van der Waals surface area contributed by atoms with Crippen molar-refractivity contribution in [2.45, 2.75) is 51.9 Å². The third-order valence-electron chi connectivity index (χ3n) is 4.77. The molecule has 0 saturated heterocycles. The molecule has 0 saturated carbocycles. The predicted molar refractivity (Wildman–Crippen MR) is 81.2 cm³/mol. The largest absolute Gasteiger partial charge is 0.396 e. The molecule has 0 amide bonds. The lowest BCUT2D eigenvalue weighted by Crippen LogP contribution is -2.65. The van der Waals surface area contributed by atoms with E-state index in [2.05, 4.69) is 0 Å². The number of aliphatic hydroxyl groups is 6. The van der Waals surface area contributed by atoms with Gasteiger partial charge in [-0.1, -0.05) is 0 Å². The Bertz CT molecular complexity index is 303. The summed E-state index contributed by atoms with van der Waals surface area (Å²) in [4.78, 5) is 0. The SMILES string of the molecule is CC(OCC(CO)(CO)CO)C(CO)(C(C)(C)O)C(C)(C)O. The Labute approximate surface area is 132 Å². The first-order chi connectivity index (χ1) is 9.87. The summed E-state index contributed by atoms with van der Waals surface area (Å²) >= 11 is 0. The Morgan fingerprint density at radius 1 is 0.773 bits per heavy atom. The summed E-state index contributed by atoms with van der Waals surface area (Å²) < 4.78 is 5.63. The molecule has 6 N–H and O–H groups in total. The van der Waals surface area contributed by atoms with E-state index >= 15 is 0 Å². The van der Waals surface area contributed by atoms with Crippen LogP contribution in [-0.4, -0.2) is 81.0 Å². The maximum absolute atomic E-state index is 10.5. The minimum Gasteiger partial charge on any atom is -0.396 e. The van der Waals surface area contributed by atoms with Crippen molar-refractivity contribution in [3.63, 3.8) is 0 Å². The maximum Gasteiger partial charge on any atom is 0.0756 e. The molecule has 0 rings (SSSR count). The molecule has 0 aromatic carbocycles. The van der Waals surface area contributed by atoms with Gasteiger partial charge in [-0.05, 0) is 34.6 Å². The minimum absolute atomic E-state index is 0.189. The van der Waals surface area contributed by atoms with E-state index in [4.69, 9.17) is 4.74 Å². The second-order valence-corrected chi connectivity index (χ2v) is 7.18. The highest BCUT2D eigenvalue weighted by molar-refractivity contribution is 5.07. The Kier molecular flexibility index (Phi) is 7.43. The summed E-state index contributed by atoms with van der Waals surface area (Å²) in [6, 6.07) is 0. The van der Waals surface area contributed by atoms with Crippen LogP contribution in [0.1, 0.15) is 34.6 Å². The summed E-state index contributed by atoms with van der Waals surface area (Å²) in [5.74, 6) is 0. The van der Waals surface area contributed by atoms with E-state index in [-0.39, 0.29) is 6.61 Å². The Morgan fingerprint density at radius 3 is 1.36 bits per heavy atom. The summed E-state index contributed by atoms with van der Waals surface area (Å²) in [5, 5.41) is 58.8. The normalized spacial score (nSPS) is 16.0. The van der Waals surface area contributed by atoms with Crippen molar-refractivity contribution in [1.82, 2.24) is 0 Å². The Morgan fingerprint density at radius 2 is 1.14 bits per heavy atom. The average Bonchev–Trinajstić information content (AvgIpc) is 2.39. The molecule has 0 aliphatic heterocycles. The van der Waals surface area contributed by atoms with Crippen LogP contribution in [0.25, 0.3) is 0 Å². The van der Waals surface area contributed by atoms with Crippen LogP contribution < -0.4 is 0 Å². The zero-order chi connectivity index (χ0) is 17.8. The smallest absolute Gasteiger partial charge is 0.0756 e. The second-order valence-electron chi connectivity index (χ2n) is 7.18. The van der Waals surface area contributed by atoms with Crippen molar-refractivity contribution >= 4 is 0 Å². The standard InChI is InChI=1S/C15H32O7/c1-11(22-10-14(6-16,7-17)8-18)15(9-19,12(2,3)20)13(4,5)21/h11,16-21H,6-10H2,1-5H3. The summed E-state index contributed by atoms with van der Waals surface area (Å²) in [5.41, 5.74) is -5.58. The molecule has 0 spiro atoms. The van der Waals surface area contributed by atoms with E-state index in [9.17, 15) is 30.6 Å². The first-order valence-electron chi connectivity index (χ1n) is 7.37. The van der Waals surface area contributed by atoms with E-state index in [1.54, 1.807) is 6.92 Å². The van der Waals surface area contributed by atoms with Crippen molar-refractivity contribution in [2.75, 3.05) is 33.0 Å². The van der Waals surface area contributed by atoms with Gasteiger partial charge in [0.05, 0.1) is 61.2 Å². The topological polar surface area (TPSA) is 131 Å². The highest BCUT2D eigenvalue weighted by Gasteiger charge is 2.58. The summed E-state index contributed by atoms with van der Waals surface area (Å²) in [6.07, 6.45) is -0.818. The molecule has 1 atom stereocenters. The number of ether oxygens (including phenoxy) is 1. The van der Waals surface area contributed by atoms with E-state index in [0.717, 1.165) is 0 Å². The average molecular weight is 324 g/mol. The molecular formula is C15H32O7. The van der Waals surface area contributed by atoms with Crippen LogP contribution in [0.4, 0.5) is 0 Å². The van der Waals surface area contributed by atoms with Crippen LogP contribution in [0.3, 0.4) is 0 Å². The van der Waals surface area contributed by atoms with Crippen molar-refractivity contribution in [3.05, 3.63) is 0 Å². The lowest BCUT2D eigenvalue weighted by molar-refractivity contribution is -0.245.